The number of halogens is 1. The number of amides is 1. The van der Waals surface area contributed by atoms with Gasteiger partial charge in [-0.3, -0.25) is 4.79 Å². The van der Waals surface area contributed by atoms with Gasteiger partial charge in [-0.05, 0) is 30.5 Å². The van der Waals surface area contributed by atoms with E-state index >= 15 is 0 Å². The number of benzene rings is 2. The highest BCUT2D eigenvalue weighted by atomic mass is 32.2. The molecule has 0 aliphatic heterocycles. The molecule has 0 spiro atoms. The molecule has 0 bridgehead atoms. The molecule has 146 valence electrons. The zero-order valence-electron chi connectivity index (χ0n) is 15.6. The summed E-state index contributed by atoms with van der Waals surface area (Å²) in [5, 5.41) is 2.87. The van der Waals surface area contributed by atoms with E-state index in [4.69, 9.17) is 0 Å². The van der Waals surface area contributed by atoms with Crippen LogP contribution in [0.15, 0.2) is 54.6 Å². The molecule has 1 N–H and O–H groups in total. The van der Waals surface area contributed by atoms with Gasteiger partial charge in [0.25, 0.3) is 0 Å². The van der Waals surface area contributed by atoms with Crippen molar-refractivity contribution in [2.24, 2.45) is 0 Å². The Morgan fingerprint density at radius 3 is 2.33 bits per heavy atom. The molecule has 0 fully saturated rings. The van der Waals surface area contributed by atoms with Crippen LogP contribution >= 0.6 is 0 Å². The van der Waals surface area contributed by atoms with Gasteiger partial charge in [0.2, 0.25) is 15.9 Å². The Morgan fingerprint density at radius 2 is 1.70 bits per heavy atom. The van der Waals surface area contributed by atoms with Crippen LogP contribution in [0.5, 0.6) is 0 Å². The average Bonchev–Trinajstić information content (AvgIpc) is 2.62. The van der Waals surface area contributed by atoms with Gasteiger partial charge in [-0.15, -0.1) is 0 Å². The highest BCUT2D eigenvalue weighted by Gasteiger charge is 2.19. The fourth-order valence-corrected chi connectivity index (χ4v) is 3.60. The smallest absolute Gasteiger partial charge is 0.221 e. The van der Waals surface area contributed by atoms with E-state index in [1.807, 2.05) is 37.3 Å². The van der Waals surface area contributed by atoms with Crippen molar-refractivity contribution >= 4 is 15.9 Å². The first-order valence-corrected chi connectivity index (χ1v) is 10.6. The molecule has 2 rings (SSSR count). The van der Waals surface area contributed by atoms with Gasteiger partial charge in [-0.25, -0.2) is 17.1 Å². The lowest BCUT2D eigenvalue weighted by atomic mass is 10.1. The quantitative estimate of drug-likeness (QED) is 0.714. The Morgan fingerprint density at radius 1 is 1.07 bits per heavy atom. The maximum Gasteiger partial charge on any atom is 0.221 e. The first-order chi connectivity index (χ1) is 12.8. The topological polar surface area (TPSA) is 66.5 Å². The van der Waals surface area contributed by atoms with Gasteiger partial charge < -0.3 is 5.32 Å². The van der Waals surface area contributed by atoms with Gasteiger partial charge in [0, 0.05) is 19.5 Å². The Balaban J connectivity index is 1.90. The van der Waals surface area contributed by atoms with Gasteiger partial charge in [-0.2, -0.15) is 0 Å². The van der Waals surface area contributed by atoms with Crippen molar-refractivity contribution in [1.29, 1.82) is 0 Å². The lowest BCUT2D eigenvalue weighted by molar-refractivity contribution is -0.121. The molecule has 0 aliphatic rings. The molecule has 0 saturated carbocycles. The van der Waals surface area contributed by atoms with Crippen LogP contribution in [-0.4, -0.2) is 38.0 Å². The Bertz CT molecular complexity index is 857. The number of hydrogen-bond acceptors (Lipinski definition) is 3. The standard InChI is InChI=1S/C20H25FN2O3S/c1-16(17-8-4-3-5-9-17)22-20(24)13-15-23(27(2,25)26)14-12-18-10-6-7-11-19(18)21/h3-11,16H,12-15H2,1-2H3,(H,22,24). The minimum absolute atomic E-state index is 0.0432. The SMILES string of the molecule is CC(NC(=O)CCN(CCc1ccccc1F)S(C)(=O)=O)c1ccccc1. The van der Waals surface area contributed by atoms with E-state index < -0.39 is 10.0 Å². The van der Waals surface area contributed by atoms with Crippen LogP contribution in [0.1, 0.15) is 30.5 Å². The third-order valence-electron chi connectivity index (χ3n) is 4.32. The molecule has 1 amide bonds. The molecule has 0 aliphatic carbocycles. The first-order valence-electron chi connectivity index (χ1n) is 8.80. The van der Waals surface area contributed by atoms with Crippen LogP contribution in [0.2, 0.25) is 0 Å². The second-order valence-corrected chi connectivity index (χ2v) is 8.44. The zero-order chi connectivity index (χ0) is 19.9. The van der Waals surface area contributed by atoms with Gasteiger partial charge in [0.15, 0.2) is 0 Å². The Labute approximate surface area is 160 Å². The minimum atomic E-state index is -3.49. The number of sulfonamides is 1. The minimum Gasteiger partial charge on any atom is -0.350 e. The molecule has 27 heavy (non-hydrogen) atoms. The van der Waals surface area contributed by atoms with Crippen molar-refractivity contribution in [3.63, 3.8) is 0 Å². The molecule has 1 unspecified atom stereocenters. The van der Waals surface area contributed by atoms with Crippen molar-refractivity contribution < 1.29 is 17.6 Å². The predicted molar refractivity (Wildman–Crippen MR) is 104 cm³/mol. The normalized spacial score (nSPS) is 12.7. The summed E-state index contributed by atoms with van der Waals surface area (Å²) in [4.78, 5) is 12.2. The van der Waals surface area contributed by atoms with Crippen molar-refractivity contribution in [1.82, 2.24) is 9.62 Å². The zero-order valence-corrected chi connectivity index (χ0v) is 16.4. The highest BCUT2D eigenvalue weighted by Crippen LogP contribution is 2.12. The third kappa shape index (κ3) is 6.77. The number of carbonyl (C=O) groups is 1. The average molecular weight is 392 g/mol. The summed E-state index contributed by atoms with van der Waals surface area (Å²) < 4.78 is 38.9. The molecule has 2 aromatic carbocycles. The van der Waals surface area contributed by atoms with E-state index in [-0.39, 0.29) is 43.7 Å². The summed E-state index contributed by atoms with van der Waals surface area (Å²) in [5.41, 5.74) is 1.43. The number of nitrogens with zero attached hydrogens (tertiary/aromatic N) is 1. The fraction of sp³-hybridized carbons (Fsp3) is 0.350. The maximum atomic E-state index is 13.7. The van der Waals surface area contributed by atoms with E-state index in [1.54, 1.807) is 18.2 Å². The van der Waals surface area contributed by atoms with Gasteiger partial charge >= 0.3 is 0 Å². The van der Waals surface area contributed by atoms with E-state index in [9.17, 15) is 17.6 Å². The van der Waals surface area contributed by atoms with Crippen LogP contribution in [0.25, 0.3) is 0 Å². The van der Waals surface area contributed by atoms with Crippen molar-refractivity contribution in [3.8, 4) is 0 Å². The number of hydrogen-bond donors (Lipinski definition) is 1. The molecule has 7 heteroatoms. The summed E-state index contributed by atoms with van der Waals surface area (Å²) in [6.45, 7) is 2.06. The number of nitrogens with one attached hydrogen (secondary N) is 1. The summed E-state index contributed by atoms with van der Waals surface area (Å²) in [6, 6.07) is 15.6. The van der Waals surface area contributed by atoms with E-state index in [0.29, 0.717) is 5.56 Å². The lowest BCUT2D eigenvalue weighted by Gasteiger charge is -2.21. The Kier molecular flexibility index (Phi) is 7.50. The largest absolute Gasteiger partial charge is 0.350 e. The summed E-state index contributed by atoms with van der Waals surface area (Å²) >= 11 is 0. The van der Waals surface area contributed by atoms with E-state index in [2.05, 4.69) is 5.32 Å². The first kappa shape index (κ1) is 21.1. The summed E-state index contributed by atoms with van der Waals surface area (Å²) in [6.07, 6.45) is 1.39. The monoisotopic (exact) mass is 392 g/mol. The van der Waals surface area contributed by atoms with Crippen LogP contribution < -0.4 is 5.32 Å². The molecule has 0 heterocycles. The number of rotatable bonds is 9. The van der Waals surface area contributed by atoms with Crippen LogP contribution in [0.4, 0.5) is 4.39 Å². The molecule has 5 nitrogen and oxygen atoms in total. The molecule has 0 saturated heterocycles. The van der Waals surface area contributed by atoms with Crippen molar-refractivity contribution in [3.05, 3.63) is 71.5 Å². The molecule has 2 aromatic rings. The molecular weight excluding hydrogens is 367 g/mol. The van der Waals surface area contributed by atoms with Crippen LogP contribution in [0, 0.1) is 5.82 Å². The second kappa shape index (κ2) is 9.62. The molecule has 1 atom stereocenters. The van der Waals surface area contributed by atoms with Gasteiger partial charge in [-0.1, -0.05) is 48.5 Å². The summed E-state index contributed by atoms with van der Waals surface area (Å²) in [5.74, 6) is -0.591. The molecule has 0 aromatic heterocycles. The molecular formula is C20H25FN2O3S. The third-order valence-corrected chi connectivity index (χ3v) is 5.63. The van der Waals surface area contributed by atoms with Gasteiger partial charge in [0.05, 0.1) is 12.3 Å². The van der Waals surface area contributed by atoms with Crippen LogP contribution in [0.3, 0.4) is 0 Å². The van der Waals surface area contributed by atoms with E-state index in [1.165, 1.54) is 10.4 Å². The van der Waals surface area contributed by atoms with Crippen molar-refractivity contribution in [2.45, 2.75) is 25.8 Å². The number of carbonyl (C=O) groups excluding carboxylic acids is 1. The second-order valence-electron chi connectivity index (χ2n) is 6.45. The highest BCUT2D eigenvalue weighted by molar-refractivity contribution is 7.88. The lowest BCUT2D eigenvalue weighted by Crippen LogP contribution is -2.36. The summed E-state index contributed by atoms with van der Waals surface area (Å²) in [7, 11) is -3.49. The maximum absolute atomic E-state index is 13.7. The van der Waals surface area contributed by atoms with E-state index in [0.717, 1.165) is 11.8 Å². The molecule has 0 radical (unpaired) electrons. The Hall–Kier alpha value is -2.25. The van der Waals surface area contributed by atoms with Crippen LogP contribution in [-0.2, 0) is 21.2 Å². The van der Waals surface area contributed by atoms with Crippen molar-refractivity contribution in [2.75, 3.05) is 19.3 Å². The van der Waals surface area contributed by atoms with Gasteiger partial charge in [0.1, 0.15) is 5.82 Å². The predicted octanol–water partition coefficient (Wildman–Crippen LogP) is 2.90. The fourth-order valence-electron chi connectivity index (χ4n) is 2.75.